The standard InChI is InChI=1S/C43H61N3O7/c1-5-14-30(38(50)36(48)23-27-21-22-27)25-35(47)34-24-29-17-12-13-20-33(29)46(34)42(53)39(43(2,3)4)45-40(51)32(28-15-8-6-9-16-28)26-37(49)41(52)44-31-18-10-7-11-19-31/h7,10-11,18-19,27-30,32-34,39H,5-6,8-9,12-17,20-26H2,1-4H3,(H,44,52)(H,45,51)/t29?,30-,32+,33?,34+,39?/m1/s1. The third-order valence-corrected chi connectivity index (χ3v) is 12.3. The topological polar surface area (TPSA) is 147 Å². The number of likely N-dealkylation sites (tertiary alicyclic amines) is 1. The third-order valence-electron chi connectivity index (χ3n) is 12.3. The normalized spacial score (nSPS) is 23.6. The summed E-state index contributed by atoms with van der Waals surface area (Å²) in [7, 11) is 0. The molecule has 0 spiro atoms. The zero-order chi connectivity index (χ0) is 38.3. The number of anilines is 1. The molecule has 5 rings (SSSR count). The van der Waals surface area contributed by atoms with Gasteiger partial charge in [0.05, 0.1) is 6.04 Å². The van der Waals surface area contributed by atoms with Crippen molar-refractivity contribution < 1.29 is 33.6 Å². The van der Waals surface area contributed by atoms with Crippen LogP contribution in [0.5, 0.6) is 0 Å². The van der Waals surface area contributed by atoms with Crippen LogP contribution in [0.1, 0.15) is 137 Å². The van der Waals surface area contributed by atoms with Gasteiger partial charge in [-0.2, -0.15) is 0 Å². The molecule has 1 heterocycles. The van der Waals surface area contributed by atoms with Crippen LogP contribution in [-0.2, 0) is 33.6 Å². The lowest BCUT2D eigenvalue weighted by molar-refractivity contribution is -0.148. The van der Waals surface area contributed by atoms with E-state index in [9.17, 15) is 33.6 Å². The van der Waals surface area contributed by atoms with Crippen LogP contribution in [0.2, 0.25) is 0 Å². The molecule has 3 saturated carbocycles. The molecule has 1 aliphatic heterocycles. The molecule has 1 saturated heterocycles. The number of hydrogen-bond donors (Lipinski definition) is 2. The predicted molar refractivity (Wildman–Crippen MR) is 203 cm³/mol. The van der Waals surface area contributed by atoms with Gasteiger partial charge in [0.2, 0.25) is 23.4 Å². The van der Waals surface area contributed by atoms with Crippen LogP contribution in [0, 0.1) is 35.0 Å². The molecule has 10 nitrogen and oxygen atoms in total. The van der Waals surface area contributed by atoms with E-state index in [0.29, 0.717) is 24.9 Å². The van der Waals surface area contributed by atoms with Gasteiger partial charge in [-0.05, 0) is 86.7 Å². The van der Waals surface area contributed by atoms with Crippen molar-refractivity contribution in [1.82, 2.24) is 10.2 Å². The fourth-order valence-electron chi connectivity index (χ4n) is 9.10. The van der Waals surface area contributed by atoms with Gasteiger partial charge in [-0.3, -0.25) is 33.6 Å². The number of benzene rings is 1. The van der Waals surface area contributed by atoms with Gasteiger partial charge in [-0.1, -0.05) is 84.4 Å². The average molecular weight is 732 g/mol. The monoisotopic (exact) mass is 731 g/mol. The molecule has 1 aromatic rings. The molecule has 4 fully saturated rings. The first-order valence-electron chi connectivity index (χ1n) is 20.4. The SMILES string of the molecule is CCC[C@H](CC(=O)[C@@H]1CC2CCCCC2N1C(=O)C(NC(=O)[C@@H](CC(=O)C(=O)Nc1ccccc1)C1CCCCC1)C(C)(C)C)C(=O)C(=O)CC1CC1. The summed E-state index contributed by atoms with van der Waals surface area (Å²) in [4.78, 5) is 97.7. The molecule has 0 bridgehead atoms. The van der Waals surface area contributed by atoms with Crippen LogP contribution >= 0.6 is 0 Å². The Kier molecular flexibility index (Phi) is 13.8. The van der Waals surface area contributed by atoms with Gasteiger partial charge in [-0.25, -0.2) is 0 Å². The number of para-hydroxylation sites is 1. The van der Waals surface area contributed by atoms with E-state index in [1.165, 1.54) is 0 Å². The largest absolute Gasteiger partial charge is 0.344 e. The quantitative estimate of drug-likeness (QED) is 0.168. The van der Waals surface area contributed by atoms with E-state index in [1.54, 1.807) is 29.2 Å². The molecule has 3 amide bonds. The van der Waals surface area contributed by atoms with Crippen molar-refractivity contribution in [3.63, 3.8) is 0 Å². The summed E-state index contributed by atoms with van der Waals surface area (Å²) in [5, 5.41) is 5.72. The van der Waals surface area contributed by atoms with Gasteiger partial charge in [0.15, 0.2) is 11.6 Å². The highest BCUT2D eigenvalue weighted by molar-refractivity contribution is 6.41. The molecule has 10 heteroatoms. The number of nitrogens with one attached hydrogen (secondary N) is 2. The van der Waals surface area contributed by atoms with Crippen molar-refractivity contribution in [1.29, 1.82) is 0 Å². The number of rotatable bonds is 17. The number of hydrogen-bond acceptors (Lipinski definition) is 7. The van der Waals surface area contributed by atoms with Gasteiger partial charge in [0, 0.05) is 42.8 Å². The maximum Gasteiger partial charge on any atom is 0.291 e. The smallest absolute Gasteiger partial charge is 0.291 e. The van der Waals surface area contributed by atoms with Crippen LogP contribution in [0.15, 0.2) is 30.3 Å². The third kappa shape index (κ3) is 10.5. The van der Waals surface area contributed by atoms with E-state index in [1.807, 2.05) is 33.8 Å². The highest BCUT2D eigenvalue weighted by atomic mass is 16.2. The minimum atomic E-state index is -0.987. The van der Waals surface area contributed by atoms with Gasteiger partial charge in [0.25, 0.3) is 5.91 Å². The molecule has 53 heavy (non-hydrogen) atoms. The first-order chi connectivity index (χ1) is 25.3. The molecule has 3 unspecified atom stereocenters. The van der Waals surface area contributed by atoms with Crippen LogP contribution < -0.4 is 10.6 Å². The maximum atomic E-state index is 14.9. The number of fused-ring (bicyclic) bond motifs is 1. The Labute approximate surface area is 315 Å². The summed E-state index contributed by atoms with van der Waals surface area (Å²) >= 11 is 0. The Morgan fingerprint density at radius 1 is 0.811 bits per heavy atom. The van der Waals surface area contributed by atoms with Crippen molar-refractivity contribution in [3.8, 4) is 0 Å². The van der Waals surface area contributed by atoms with Gasteiger partial charge in [0.1, 0.15) is 6.04 Å². The Hall–Kier alpha value is -3.69. The summed E-state index contributed by atoms with van der Waals surface area (Å²) < 4.78 is 0. The van der Waals surface area contributed by atoms with Crippen LogP contribution in [0.4, 0.5) is 5.69 Å². The maximum absolute atomic E-state index is 14.9. The van der Waals surface area contributed by atoms with Crippen molar-refractivity contribution in [2.45, 2.75) is 155 Å². The second-order valence-corrected chi connectivity index (χ2v) is 17.5. The van der Waals surface area contributed by atoms with E-state index in [-0.39, 0.29) is 60.5 Å². The first kappa shape index (κ1) is 40.5. The van der Waals surface area contributed by atoms with Crippen LogP contribution in [-0.4, -0.2) is 63.9 Å². The predicted octanol–water partition coefficient (Wildman–Crippen LogP) is 6.79. The second kappa shape index (κ2) is 18.1. The molecule has 4 aliphatic rings. The highest BCUT2D eigenvalue weighted by Crippen LogP contribution is 2.42. The molecule has 0 radical (unpaired) electrons. The van der Waals surface area contributed by atoms with Crippen molar-refractivity contribution in [2.24, 2.45) is 35.0 Å². The zero-order valence-corrected chi connectivity index (χ0v) is 32.3. The second-order valence-electron chi connectivity index (χ2n) is 17.5. The van der Waals surface area contributed by atoms with E-state index < -0.39 is 52.7 Å². The number of amides is 3. The van der Waals surface area contributed by atoms with Crippen molar-refractivity contribution >= 4 is 46.5 Å². The minimum absolute atomic E-state index is 0.0690. The number of Topliss-reactive ketones (excluding diaryl/α,β-unsaturated/α-hetero) is 4. The summed E-state index contributed by atoms with van der Waals surface area (Å²) in [6, 6.07) is 6.84. The number of carbonyl (C=O) groups is 7. The van der Waals surface area contributed by atoms with Crippen molar-refractivity contribution in [2.75, 3.05) is 5.32 Å². The van der Waals surface area contributed by atoms with E-state index in [0.717, 1.165) is 70.6 Å². The highest BCUT2D eigenvalue weighted by Gasteiger charge is 2.51. The first-order valence-corrected chi connectivity index (χ1v) is 20.4. The Morgan fingerprint density at radius 3 is 2.11 bits per heavy atom. The van der Waals surface area contributed by atoms with E-state index in [4.69, 9.17) is 0 Å². The Morgan fingerprint density at radius 2 is 1.47 bits per heavy atom. The molecule has 6 atom stereocenters. The fourth-order valence-corrected chi connectivity index (χ4v) is 9.10. The average Bonchev–Trinajstić information content (AvgIpc) is 3.87. The summed E-state index contributed by atoms with van der Waals surface area (Å²) in [6.45, 7) is 7.60. The zero-order valence-electron chi connectivity index (χ0n) is 32.3. The number of ketones is 4. The van der Waals surface area contributed by atoms with E-state index in [2.05, 4.69) is 10.6 Å². The van der Waals surface area contributed by atoms with Gasteiger partial charge >= 0.3 is 0 Å². The number of nitrogens with zero attached hydrogens (tertiary/aromatic N) is 1. The Balaban J connectivity index is 1.36. The lowest BCUT2D eigenvalue weighted by Crippen LogP contribution is -2.60. The molecular formula is C43H61N3O7. The van der Waals surface area contributed by atoms with Crippen LogP contribution in [0.25, 0.3) is 0 Å². The Bertz CT molecular complexity index is 1510. The number of carbonyl (C=O) groups excluding carboxylic acids is 7. The van der Waals surface area contributed by atoms with Crippen LogP contribution in [0.3, 0.4) is 0 Å². The van der Waals surface area contributed by atoms with Gasteiger partial charge in [-0.15, -0.1) is 0 Å². The van der Waals surface area contributed by atoms with E-state index >= 15 is 0 Å². The molecule has 1 aromatic carbocycles. The molecule has 2 N–H and O–H groups in total. The lowest BCUT2D eigenvalue weighted by atomic mass is 9.76. The summed E-state index contributed by atoms with van der Waals surface area (Å²) in [5.41, 5.74) is -0.247. The summed E-state index contributed by atoms with van der Waals surface area (Å²) in [6.07, 6.45) is 11.5. The fraction of sp³-hybridized carbons (Fsp3) is 0.698. The molecular weight excluding hydrogens is 670 g/mol. The van der Waals surface area contributed by atoms with Gasteiger partial charge < -0.3 is 15.5 Å². The summed E-state index contributed by atoms with van der Waals surface area (Å²) in [5.74, 6) is -4.38. The minimum Gasteiger partial charge on any atom is -0.344 e. The molecule has 3 aliphatic carbocycles. The molecule has 290 valence electrons. The lowest BCUT2D eigenvalue weighted by Gasteiger charge is -2.40. The van der Waals surface area contributed by atoms with Crippen molar-refractivity contribution in [3.05, 3.63) is 30.3 Å². The molecule has 0 aromatic heterocycles.